The highest BCUT2D eigenvalue weighted by molar-refractivity contribution is 6.30. The Bertz CT molecular complexity index is 759. The lowest BCUT2D eigenvalue weighted by Gasteiger charge is -1.99. The number of hydrogen-bond donors (Lipinski definition) is 2. The van der Waals surface area contributed by atoms with E-state index in [1.165, 1.54) is 0 Å². The molecule has 1 heterocycles. The number of anilines is 1. The molecule has 0 aliphatic heterocycles. The molecule has 0 saturated carbocycles. The van der Waals surface area contributed by atoms with Gasteiger partial charge in [0.15, 0.2) is 0 Å². The average Bonchev–Trinajstić information content (AvgIpc) is 2.81. The Balaban J connectivity index is 1.98. The van der Waals surface area contributed by atoms with Crippen molar-refractivity contribution in [1.82, 2.24) is 10.2 Å². The first kappa shape index (κ1) is 11.8. The summed E-state index contributed by atoms with van der Waals surface area (Å²) in [6.45, 7) is 0. The molecule has 0 saturated heterocycles. The summed E-state index contributed by atoms with van der Waals surface area (Å²) >= 11 is 5.87. The van der Waals surface area contributed by atoms with Crippen LogP contribution in [-0.4, -0.2) is 10.2 Å². The van der Waals surface area contributed by atoms with E-state index in [0.717, 1.165) is 22.2 Å². The van der Waals surface area contributed by atoms with Gasteiger partial charge in [-0.2, -0.15) is 5.10 Å². The molecule has 0 amide bonds. The topological polar surface area (TPSA) is 54.7 Å². The van der Waals surface area contributed by atoms with Crippen LogP contribution in [0, 0.1) is 0 Å². The second kappa shape index (κ2) is 4.78. The molecule has 3 rings (SSSR count). The third kappa shape index (κ3) is 2.33. The molecule has 0 bridgehead atoms. The van der Waals surface area contributed by atoms with Gasteiger partial charge in [-0.15, -0.1) is 0 Å². The van der Waals surface area contributed by atoms with E-state index < -0.39 is 0 Å². The number of nitrogens with two attached hydrogens (primary N) is 1. The van der Waals surface area contributed by atoms with Crippen molar-refractivity contribution in [1.29, 1.82) is 0 Å². The summed E-state index contributed by atoms with van der Waals surface area (Å²) in [5, 5.41) is 9.00. The number of aromatic nitrogens is 2. The number of aromatic amines is 1. The fraction of sp³-hybridized carbons (Fsp3) is 0. The number of benzene rings is 2. The Morgan fingerprint density at radius 2 is 1.95 bits per heavy atom. The van der Waals surface area contributed by atoms with E-state index in [9.17, 15) is 0 Å². The summed E-state index contributed by atoms with van der Waals surface area (Å²) < 4.78 is 0. The molecule has 94 valence electrons. The fourth-order valence-electron chi connectivity index (χ4n) is 1.98. The van der Waals surface area contributed by atoms with Gasteiger partial charge in [-0.3, -0.25) is 5.10 Å². The molecule has 3 nitrogen and oxygen atoms in total. The van der Waals surface area contributed by atoms with Gasteiger partial charge < -0.3 is 5.73 Å². The van der Waals surface area contributed by atoms with Crippen LogP contribution in [-0.2, 0) is 0 Å². The van der Waals surface area contributed by atoms with Crippen molar-refractivity contribution in [3.63, 3.8) is 0 Å². The zero-order valence-corrected chi connectivity index (χ0v) is 10.9. The van der Waals surface area contributed by atoms with Gasteiger partial charge >= 0.3 is 0 Å². The Morgan fingerprint density at radius 3 is 2.79 bits per heavy atom. The van der Waals surface area contributed by atoms with E-state index in [1.807, 2.05) is 48.6 Å². The highest BCUT2D eigenvalue weighted by atomic mass is 35.5. The van der Waals surface area contributed by atoms with Crippen molar-refractivity contribution in [3.8, 4) is 0 Å². The minimum atomic E-state index is 0.639. The lowest BCUT2D eigenvalue weighted by Crippen LogP contribution is -1.88. The zero-order valence-electron chi connectivity index (χ0n) is 10.1. The number of hydrogen-bond acceptors (Lipinski definition) is 2. The fourth-order valence-corrected chi connectivity index (χ4v) is 2.16. The lowest BCUT2D eigenvalue weighted by molar-refractivity contribution is 1.11. The van der Waals surface area contributed by atoms with Crippen LogP contribution in [0.2, 0.25) is 5.02 Å². The molecule has 3 N–H and O–H groups in total. The summed E-state index contributed by atoms with van der Waals surface area (Å²) in [4.78, 5) is 0. The molecule has 4 heteroatoms. The number of nitrogens with one attached hydrogen (secondary N) is 1. The van der Waals surface area contributed by atoms with Gasteiger partial charge in [-0.1, -0.05) is 41.9 Å². The van der Waals surface area contributed by atoms with Crippen molar-refractivity contribution >= 4 is 40.3 Å². The quantitative estimate of drug-likeness (QED) is 0.692. The van der Waals surface area contributed by atoms with Gasteiger partial charge in [0.05, 0.1) is 11.2 Å². The number of fused-ring (bicyclic) bond motifs is 1. The van der Waals surface area contributed by atoms with Gasteiger partial charge in [0.25, 0.3) is 0 Å². The highest BCUT2D eigenvalue weighted by Crippen LogP contribution is 2.22. The summed E-state index contributed by atoms with van der Waals surface area (Å²) in [6.07, 6.45) is 3.88. The molecule has 0 spiro atoms. The molecule has 0 radical (unpaired) electrons. The predicted octanol–water partition coefficient (Wildman–Crippen LogP) is 3.97. The second-order valence-electron chi connectivity index (χ2n) is 4.26. The Morgan fingerprint density at radius 1 is 1.11 bits per heavy atom. The number of rotatable bonds is 2. The number of H-pyrrole nitrogens is 1. The molecule has 1 aromatic heterocycles. The summed E-state index contributed by atoms with van der Waals surface area (Å²) in [5.41, 5.74) is 9.41. The summed E-state index contributed by atoms with van der Waals surface area (Å²) in [7, 11) is 0. The first-order valence-corrected chi connectivity index (χ1v) is 6.28. The number of halogens is 1. The van der Waals surface area contributed by atoms with Gasteiger partial charge in [-0.25, -0.2) is 0 Å². The van der Waals surface area contributed by atoms with Crippen LogP contribution in [0.15, 0.2) is 42.5 Å². The van der Waals surface area contributed by atoms with Gasteiger partial charge in [0, 0.05) is 16.1 Å². The van der Waals surface area contributed by atoms with Crippen LogP contribution in [0.3, 0.4) is 0 Å². The number of nitrogen functional groups attached to an aromatic ring is 1. The van der Waals surface area contributed by atoms with Crippen LogP contribution >= 0.6 is 11.6 Å². The van der Waals surface area contributed by atoms with E-state index in [1.54, 1.807) is 6.07 Å². The first-order valence-electron chi connectivity index (χ1n) is 5.90. The number of nitrogens with zero attached hydrogens (tertiary/aromatic N) is 1. The van der Waals surface area contributed by atoms with Gasteiger partial charge in [0.1, 0.15) is 0 Å². The van der Waals surface area contributed by atoms with Crippen LogP contribution in [0.1, 0.15) is 11.3 Å². The Labute approximate surface area is 115 Å². The maximum absolute atomic E-state index is 5.91. The molecule has 0 atom stereocenters. The molecule has 0 aliphatic rings. The smallest absolute Gasteiger partial charge is 0.0927 e. The normalized spacial score (nSPS) is 11.4. The Kier molecular flexibility index (Phi) is 2.97. The predicted molar refractivity (Wildman–Crippen MR) is 80.9 cm³/mol. The SMILES string of the molecule is Nc1cc(Cl)ccc1C=Cc1n[nH]c2ccccc12. The van der Waals surface area contributed by atoms with Crippen molar-refractivity contribution in [2.75, 3.05) is 5.73 Å². The van der Waals surface area contributed by atoms with Gasteiger partial charge in [0.2, 0.25) is 0 Å². The molecule has 19 heavy (non-hydrogen) atoms. The molecular weight excluding hydrogens is 258 g/mol. The van der Waals surface area contributed by atoms with E-state index in [0.29, 0.717) is 10.7 Å². The van der Waals surface area contributed by atoms with Crippen molar-refractivity contribution < 1.29 is 0 Å². The largest absolute Gasteiger partial charge is 0.398 e. The molecule has 0 fully saturated rings. The molecular formula is C15H12ClN3. The van der Waals surface area contributed by atoms with Crippen LogP contribution in [0.5, 0.6) is 0 Å². The lowest BCUT2D eigenvalue weighted by atomic mass is 10.1. The minimum absolute atomic E-state index is 0.639. The minimum Gasteiger partial charge on any atom is -0.398 e. The van der Waals surface area contributed by atoms with Crippen LogP contribution in [0.25, 0.3) is 23.1 Å². The molecule has 0 aliphatic carbocycles. The monoisotopic (exact) mass is 269 g/mol. The standard InChI is InChI=1S/C15H12ClN3/c16-11-7-5-10(13(17)9-11)6-8-15-12-3-1-2-4-14(12)18-19-15/h1-9H,17H2,(H,18,19). The van der Waals surface area contributed by atoms with Crippen LogP contribution < -0.4 is 5.73 Å². The van der Waals surface area contributed by atoms with Gasteiger partial charge in [-0.05, 0) is 29.8 Å². The maximum atomic E-state index is 5.91. The maximum Gasteiger partial charge on any atom is 0.0927 e. The van der Waals surface area contributed by atoms with E-state index >= 15 is 0 Å². The average molecular weight is 270 g/mol. The van der Waals surface area contributed by atoms with Crippen molar-refractivity contribution in [3.05, 3.63) is 58.7 Å². The zero-order chi connectivity index (χ0) is 13.2. The van der Waals surface area contributed by atoms with Crippen molar-refractivity contribution in [2.45, 2.75) is 0 Å². The van der Waals surface area contributed by atoms with E-state index in [2.05, 4.69) is 10.2 Å². The van der Waals surface area contributed by atoms with Crippen LogP contribution in [0.4, 0.5) is 5.69 Å². The van der Waals surface area contributed by atoms with E-state index in [4.69, 9.17) is 17.3 Å². The first-order chi connectivity index (χ1) is 9.24. The second-order valence-corrected chi connectivity index (χ2v) is 4.70. The highest BCUT2D eigenvalue weighted by Gasteiger charge is 2.01. The Hall–Kier alpha value is -2.26. The van der Waals surface area contributed by atoms with Crippen molar-refractivity contribution in [2.24, 2.45) is 0 Å². The summed E-state index contributed by atoms with van der Waals surface area (Å²) in [6, 6.07) is 13.4. The third-order valence-corrected chi connectivity index (χ3v) is 3.20. The molecule has 2 aromatic carbocycles. The van der Waals surface area contributed by atoms with E-state index in [-0.39, 0.29) is 0 Å². The summed E-state index contributed by atoms with van der Waals surface area (Å²) in [5.74, 6) is 0. The molecule has 0 unspecified atom stereocenters. The number of para-hydroxylation sites is 1. The molecule has 3 aromatic rings. The third-order valence-electron chi connectivity index (χ3n) is 2.97.